The molecule has 1 saturated carbocycles. The molecule has 3 amide bonds. The van der Waals surface area contributed by atoms with Gasteiger partial charge in [0.05, 0.1) is 0 Å². The van der Waals surface area contributed by atoms with Gasteiger partial charge in [0.2, 0.25) is 17.7 Å². The van der Waals surface area contributed by atoms with Crippen LogP contribution in [0.25, 0.3) is 0 Å². The first kappa shape index (κ1) is 21.2. The summed E-state index contributed by atoms with van der Waals surface area (Å²) in [5.41, 5.74) is 7.08. The SMILES string of the molecule is NC1[CH-]CCCC1.O=C1CCC(N2Cc3c[c-]ccc3C2=O)C(=O)N1.[Y]. The van der Waals surface area contributed by atoms with Gasteiger partial charge in [-0.25, -0.2) is 0 Å². The minimum atomic E-state index is -0.539. The Balaban J connectivity index is 0.000000258. The van der Waals surface area contributed by atoms with Crippen LogP contribution in [0, 0.1) is 12.5 Å². The smallest absolute Gasteiger partial charge is 0.249 e. The Hall–Kier alpha value is -1.11. The predicted octanol–water partition coefficient (Wildman–Crippen LogP) is 1.34. The normalized spacial score (nSPS) is 24.8. The molecule has 2 atom stereocenters. The number of piperidine rings is 1. The second-order valence-corrected chi connectivity index (χ2v) is 6.67. The van der Waals surface area contributed by atoms with Crippen molar-refractivity contribution in [3.05, 3.63) is 41.8 Å². The maximum absolute atomic E-state index is 12.2. The first-order valence-corrected chi connectivity index (χ1v) is 8.79. The van der Waals surface area contributed by atoms with Crippen molar-refractivity contribution in [1.29, 1.82) is 0 Å². The minimum Gasteiger partial charge on any atom is -0.357 e. The maximum atomic E-state index is 12.2. The van der Waals surface area contributed by atoms with Gasteiger partial charge in [0.15, 0.2) is 0 Å². The Labute approximate surface area is 179 Å². The third kappa shape index (κ3) is 4.99. The van der Waals surface area contributed by atoms with Crippen LogP contribution in [0.4, 0.5) is 0 Å². The fourth-order valence-corrected chi connectivity index (χ4v) is 3.42. The fraction of sp³-hybridized carbons (Fsp3) is 0.474. The van der Waals surface area contributed by atoms with Gasteiger partial charge < -0.3 is 17.1 Å². The number of nitrogens with zero attached hydrogens (tertiary/aromatic N) is 1. The first-order valence-electron chi connectivity index (χ1n) is 8.79. The van der Waals surface area contributed by atoms with Crippen molar-refractivity contribution in [2.24, 2.45) is 5.73 Å². The third-order valence-corrected chi connectivity index (χ3v) is 4.83. The molecule has 137 valence electrons. The molecule has 3 N–H and O–H groups in total. The fourth-order valence-electron chi connectivity index (χ4n) is 3.42. The molecule has 1 aromatic carbocycles. The van der Waals surface area contributed by atoms with Gasteiger partial charge in [-0.15, -0.1) is 11.6 Å². The van der Waals surface area contributed by atoms with Crippen molar-refractivity contribution in [3.63, 3.8) is 0 Å². The van der Waals surface area contributed by atoms with E-state index in [4.69, 9.17) is 5.73 Å². The molecule has 2 heterocycles. The number of fused-ring (bicyclic) bond motifs is 1. The van der Waals surface area contributed by atoms with Gasteiger partial charge in [0, 0.05) is 45.7 Å². The first-order chi connectivity index (χ1) is 12.1. The number of carbonyl (C=O) groups is 3. The van der Waals surface area contributed by atoms with E-state index < -0.39 is 6.04 Å². The van der Waals surface area contributed by atoms with Crippen LogP contribution in [0.15, 0.2) is 18.2 Å². The Morgan fingerprint density at radius 2 is 2.04 bits per heavy atom. The minimum absolute atomic E-state index is 0. The molecular formula is C19H23N3O3Y-2. The molecule has 7 heteroatoms. The van der Waals surface area contributed by atoms with Gasteiger partial charge in [-0.3, -0.25) is 19.7 Å². The summed E-state index contributed by atoms with van der Waals surface area (Å²) in [6, 6.07) is 7.95. The number of hydrogen-bond acceptors (Lipinski definition) is 4. The number of amides is 3. The number of carbonyl (C=O) groups excluding carboxylic acids is 3. The average Bonchev–Trinajstić information content (AvgIpc) is 2.93. The molecule has 6 nitrogen and oxygen atoms in total. The number of nitrogens with one attached hydrogen (secondary N) is 1. The zero-order chi connectivity index (χ0) is 17.8. The third-order valence-electron chi connectivity index (χ3n) is 4.83. The van der Waals surface area contributed by atoms with E-state index in [-0.39, 0.29) is 56.9 Å². The molecule has 2 fully saturated rings. The van der Waals surface area contributed by atoms with E-state index in [0.29, 0.717) is 24.6 Å². The number of nitrogens with two attached hydrogens (primary N) is 1. The molecule has 4 rings (SSSR count). The second-order valence-electron chi connectivity index (χ2n) is 6.67. The van der Waals surface area contributed by atoms with Crippen molar-refractivity contribution >= 4 is 17.7 Å². The van der Waals surface area contributed by atoms with Gasteiger partial charge in [-0.2, -0.15) is 30.7 Å². The van der Waals surface area contributed by atoms with Gasteiger partial charge in [-0.05, 0) is 6.42 Å². The Morgan fingerprint density at radius 1 is 1.23 bits per heavy atom. The summed E-state index contributed by atoms with van der Waals surface area (Å²) < 4.78 is 0. The average molecular weight is 430 g/mol. The van der Waals surface area contributed by atoms with E-state index in [2.05, 4.69) is 17.8 Å². The van der Waals surface area contributed by atoms with Crippen LogP contribution in [0.5, 0.6) is 0 Å². The summed E-state index contributed by atoms with van der Waals surface area (Å²) in [7, 11) is 0. The largest absolute Gasteiger partial charge is 0.357 e. The van der Waals surface area contributed by atoms with Gasteiger partial charge >= 0.3 is 0 Å². The van der Waals surface area contributed by atoms with Crippen LogP contribution < -0.4 is 11.1 Å². The molecule has 2 aliphatic heterocycles. The zero-order valence-corrected chi connectivity index (χ0v) is 17.6. The van der Waals surface area contributed by atoms with E-state index in [0.717, 1.165) is 5.56 Å². The van der Waals surface area contributed by atoms with E-state index in [9.17, 15) is 14.4 Å². The monoisotopic (exact) mass is 430 g/mol. The molecule has 1 aliphatic carbocycles. The van der Waals surface area contributed by atoms with Crippen molar-refractivity contribution in [2.45, 2.75) is 57.2 Å². The van der Waals surface area contributed by atoms with E-state index >= 15 is 0 Å². The van der Waals surface area contributed by atoms with Crippen LogP contribution in [-0.2, 0) is 48.8 Å². The summed E-state index contributed by atoms with van der Waals surface area (Å²) in [6.07, 6.45) is 8.02. The van der Waals surface area contributed by atoms with E-state index in [1.54, 1.807) is 18.2 Å². The maximum Gasteiger partial charge on any atom is 0.249 e. The molecule has 0 aromatic heterocycles. The van der Waals surface area contributed by atoms with Crippen molar-refractivity contribution in [3.8, 4) is 0 Å². The quantitative estimate of drug-likeness (QED) is 0.520. The molecule has 26 heavy (non-hydrogen) atoms. The Bertz CT molecular complexity index is 674. The van der Waals surface area contributed by atoms with Crippen LogP contribution in [0.2, 0.25) is 0 Å². The molecule has 3 aliphatic rings. The van der Waals surface area contributed by atoms with Crippen LogP contribution >= 0.6 is 0 Å². The summed E-state index contributed by atoms with van der Waals surface area (Å²) in [6.45, 7) is 0.414. The van der Waals surface area contributed by atoms with Crippen molar-refractivity contribution < 1.29 is 47.1 Å². The molecule has 1 radical (unpaired) electrons. The van der Waals surface area contributed by atoms with Crippen LogP contribution in [-0.4, -0.2) is 34.7 Å². The topological polar surface area (TPSA) is 92.5 Å². The summed E-state index contributed by atoms with van der Waals surface area (Å²) in [4.78, 5) is 36.5. The number of rotatable bonds is 1. The Morgan fingerprint density at radius 3 is 2.62 bits per heavy atom. The predicted molar refractivity (Wildman–Crippen MR) is 92.1 cm³/mol. The molecular weight excluding hydrogens is 407 g/mol. The summed E-state index contributed by atoms with van der Waals surface area (Å²) >= 11 is 0. The molecule has 2 unspecified atom stereocenters. The van der Waals surface area contributed by atoms with E-state index in [1.165, 1.54) is 30.6 Å². The van der Waals surface area contributed by atoms with Gasteiger partial charge in [-0.1, -0.05) is 24.8 Å². The van der Waals surface area contributed by atoms with Gasteiger partial charge in [0.25, 0.3) is 0 Å². The second kappa shape index (κ2) is 9.72. The van der Waals surface area contributed by atoms with Gasteiger partial charge in [0.1, 0.15) is 6.04 Å². The molecule has 1 saturated heterocycles. The number of hydrogen-bond donors (Lipinski definition) is 2. The van der Waals surface area contributed by atoms with Crippen molar-refractivity contribution in [2.75, 3.05) is 0 Å². The molecule has 1 aromatic rings. The van der Waals surface area contributed by atoms with Crippen molar-refractivity contribution in [1.82, 2.24) is 10.2 Å². The number of benzene rings is 1. The number of imide groups is 1. The van der Waals surface area contributed by atoms with E-state index in [1.807, 2.05) is 0 Å². The van der Waals surface area contributed by atoms with Crippen LogP contribution in [0.1, 0.15) is 54.4 Å². The molecule has 0 spiro atoms. The molecule has 0 bridgehead atoms. The van der Waals surface area contributed by atoms with Crippen LogP contribution in [0.3, 0.4) is 0 Å². The standard InChI is InChI=1S/C13H11N2O3.C6H12N.Y/c16-11-6-5-10(12(17)14-11)15-7-8-3-1-2-4-9(8)13(15)18;7-6-4-2-1-3-5-6;/h2-4,10H,5-7H2,(H,14,16,17);4,6H,1-3,5,7H2;/q2*-1;. The summed E-state index contributed by atoms with van der Waals surface area (Å²) in [5, 5.41) is 2.27. The zero-order valence-electron chi connectivity index (χ0n) is 14.7. The Kier molecular flexibility index (Phi) is 7.92. The summed E-state index contributed by atoms with van der Waals surface area (Å²) in [5.74, 6) is -0.793.